The zero-order valence-electron chi connectivity index (χ0n) is 18.3. The first-order valence-corrected chi connectivity index (χ1v) is 10.8. The first-order chi connectivity index (χ1) is 15.7. The Balaban J connectivity index is 1.25. The molecule has 32 heavy (non-hydrogen) atoms. The second-order valence-corrected chi connectivity index (χ2v) is 7.62. The number of amides is 1. The van der Waals surface area contributed by atoms with Crippen molar-refractivity contribution in [2.24, 2.45) is 0 Å². The van der Waals surface area contributed by atoms with Crippen molar-refractivity contribution in [2.45, 2.75) is 13.2 Å². The third-order valence-electron chi connectivity index (χ3n) is 5.47. The Morgan fingerprint density at radius 3 is 2.31 bits per heavy atom. The summed E-state index contributed by atoms with van der Waals surface area (Å²) in [6.45, 7) is 3.40. The van der Waals surface area contributed by atoms with E-state index in [-0.39, 0.29) is 12.7 Å². The van der Waals surface area contributed by atoms with Gasteiger partial charge in [0.1, 0.15) is 24.7 Å². The largest absolute Gasteiger partial charge is 0.495 e. The van der Waals surface area contributed by atoms with Gasteiger partial charge in [0.2, 0.25) is 0 Å². The number of anilines is 1. The summed E-state index contributed by atoms with van der Waals surface area (Å²) in [5.41, 5.74) is 3.06. The SMILES string of the molecule is COc1ccccc1N1CCN(C(=O)OCc2cccc(OCc3ccccc3)c2)CC1. The molecule has 0 bridgehead atoms. The molecule has 0 atom stereocenters. The average molecular weight is 433 g/mol. The van der Waals surface area contributed by atoms with Gasteiger partial charge in [-0.25, -0.2) is 4.79 Å². The van der Waals surface area contributed by atoms with E-state index in [1.54, 1.807) is 12.0 Å². The topological polar surface area (TPSA) is 51.2 Å². The lowest BCUT2D eigenvalue weighted by atomic mass is 10.2. The quantitative estimate of drug-likeness (QED) is 0.540. The van der Waals surface area contributed by atoms with Gasteiger partial charge in [0.25, 0.3) is 0 Å². The molecule has 0 saturated carbocycles. The Hall–Kier alpha value is -3.67. The monoisotopic (exact) mass is 432 g/mol. The van der Waals surface area contributed by atoms with E-state index < -0.39 is 0 Å². The minimum atomic E-state index is -0.291. The lowest BCUT2D eigenvalue weighted by Crippen LogP contribution is -2.49. The summed E-state index contributed by atoms with van der Waals surface area (Å²) in [5, 5.41) is 0. The summed E-state index contributed by atoms with van der Waals surface area (Å²) in [7, 11) is 1.67. The Morgan fingerprint density at radius 1 is 0.812 bits per heavy atom. The minimum Gasteiger partial charge on any atom is -0.495 e. The number of hydrogen-bond donors (Lipinski definition) is 0. The molecule has 1 saturated heterocycles. The molecule has 0 unspecified atom stereocenters. The van der Waals surface area contributed by atoms with Crippen LogP contribution in [-0.2, 0) is 18.0 Å². The van der Waals surface area contributed by atoms with Gasteiger partial charge in [0.05, 0.1) is 12.8 Å². The molecule has 0 radical (unpaired) electrons. The number of ether oxygens (including phenoxy) is 3. The number of carbonyl (C=O) groups is 1. The van der Waals surface area contributed by atoms with Crippen molar-refractivity contribution < 1.29 is 19.0 Å². The molecule has 166 valence electrons. The Morgan fingerprint density at radius 2 is 1.53 bits per heavy atom. The summed E-state index contributed by atoms with van der Waals surface area (Å²) in [5.74, 6) is 1.60. The molecular weight excluding hydrogens is 404 g/mol. The first kappa shape index (κ1) is 21.6. The highest BCUT2D eigenvalue weighted by atomic mass is 16.6. The van der Waals surface area contributed by atoms with Crippen LogP contribution in [0.4, 0.5) is 10.5 Å². The molecule has 1 heterocycles. The summed E-state index contributed by atoms with van der Waals surface area (Å²) < 4.78 is 16.9. The van der Waals surface area contributed by atoms with Crippen molar-refractivity contribution in [1.29, 1.82) is 0 Å². The molecule has 0 aliphatic carbocycles. The average Bonchev–Trinajstić information content (AvgIpc) is 2.87. The highest BCUT2D eigenvalue weighted by molar-refractivity contribution is 5.68. The van der Waals surface area contributed by atoms with E-state index >= 15 is 0 Å². The minimum absolute atomic E-state index is 0.216. The number of hydrogen-bond acceptors (Lipinski definition) is 5. The van der Waals surface area contributed by atoms with E-state index in [1.807, 2.05) is 78.9 Å². The number of benzene rings is 3. The Bertz CT molecular complexity index is 1020. The Kier molecular flexibility index (Phi) is 7.12. The molecule has 1 fully saturated rings. The van der Waals surface area contributed by atoms with Gasteiger partial charge in [-0.15, -0.1) is 0 Å². The van der Waals surface area contributed by atoms with Gasteiger partial charge < -0.3 is 24.0 Å². The summed E-state index contributed by atoms with van der Waals surface area (Å²) in [6.07, 6.45) is -0.291. The molecule has 6 nitrogen and oxygen atoms in total. The molecule has 4 rings (SSSR count). The van der Waals surface area contributed by atoms with E-state index in [1.165, 1.54) is 0 Å². The fraction of sp³-hybridized carbons (Fsp3) is 0.269. The molecule has 1 aliphatic heterocycles. The number of para-hydroxylation sites is 2. The maximum Gasteiger partial charge on any atom is 0.410 e. The van der Waals surface area contributed by atoms with Crippen LogP contribution in [0.1, 0.15) is 11.1 Å². The number of carbonyl (C=O) groups excluding carboxylic acids is 1. The van der Waals surface area contributed by atoms with Crippen LogP contribution in [0.3, 0.4) is 0 Å². The number of piperazine rings is 1. The molecule has 0 spiro atoms. The number of nitrogens with zero attached hydrogens (tertiary/aromatic N) is 2. The molecule has 0 N–H and O–H groups in total. The smallest absolute Gasteiger partial charge is 0.410 e. The van der Waals surface area contributed by atoms with Crippen LogP contribution < -0.4 is 14.4 Å². The fourth-order valence-corrected chi connectivity index (χ4v) is 3.72. The third-order valence-corrected chi connectivity index (χ3v) is 5.47. The molecule has 0 aromatic heterocycles. The Labute approximate surface area is 188 Å². The molecule has 1 aliphatic rings. The van der Waals surface area contributed by atoms with Gasteiger partial charge >= 0.3 is 6.09 Å². The van der Waals surface area contributed by atoms with Crippen molar-refractivity contribution >= 4 is 11.8 Å². The molecule has 1 amide bonds. The van der Waals surface area contributed by atoms with Crippen LogP contribution in [0.15, 0.2) is 78.9 Å². The number of methoxy groups -OCH3 is 1. The third kappa shape index (κ3) is 5.52. The molecule has 3 aromatic carbocycles. The zero-order chi connectivity index (χ0) is 22.2. The van der Waals surface area contributed by atoms with Crippen LogP contribution >= 0.6 is 0 Å². The van der Waals surface area contributed by atoms with E-state index in [0.717, 1.165) is 41.4 Å². The van der Waals surface area contributed by atoms with Gasteiger partial charge in [-0.2, -0.15) is 0 Å². The summed E-state index contributed by atoms with van der Waals surface area (Å²) in [4.78, 5) is 16.5. The van der Waals surface area contributed by atoms with Crippen LogP contribution in [0, 0.1) is 0 Å². The highest BCUT2D eigenvalue weighted by Crippen LogP contribution is 2.28. The molecule has 6 heteroatoms. The van der Waals surface area contributed by atoms with E-state index in [4.69, 9.17) is 14.2 Å². The molecule has 3 aromatic rings. The zero-order valence-corrected chi connectivity index (χ0v) is 18.3. The second kappa shape index (κ2) is 10.6. The fourth-order valence-electron chi connectivity index (χ4n) is 3.72. The lowest BCUT2D eigenvalue weighted by molar-refractivity contribution is 0.0940. The van der Waals surface area contributed by atoms with Gasteiger partial charge in [0.15, 0.2) is 0 Å². The van der Waals surface area contributed by atoms with Gasteiger partial charge in [-0.05, 0) is 35.4 Å². The van der Waals surface area contributed by atoms with Crippen molar-refractivity contribution in [3.63, 3.8) is 0 Å². The van der Waals surface area contributed by atoms with Gasteiger partial charge in [0, 0.05) is 26.2 Å². The van der Waals surface area contributed by atoms with Gasteiger partial charge in [-0.3, -0.25) is 0 Å². The van der Waals surface area contributed by atoms with E-state index in [2.05, 4.69) is 4.90 Å². The van der Waals surface area contributed by atoms with E-state index in [0.29, 0.717) is 19.7 Å². The van der Waals surface area contributed by atoms with Crippen LogP contribution in [0.5, 0.6) is 11.5 Å². The number of rotatable bonds is 7. The van der Waals surface area contributed by atoms with Gasteiger partial charge in [-0.1, -0.05) is 54.6 Å². The highest BCUT2D eigenvalue weighted by Gasteiger charge is 2.23. The van der Waals surface area contributed by atoms with Crippen molar-refractivity contribution in [2.75, 3.05) is 38.2 Å². The molecular formula is C26H28N2O4. The predicted octanol–water partition coefficient (Wildman–Crippen LogP) is 4.73. The van der Waals surface area contributed by atoms with Crippen LogP contribution in [-0.4, -0.2) is 44.3 Å². The first-order valence-electron chi connectivity index (χ1n) is 10.8. The van der Waals surface area contributed by atoms with E-state index in [9.17, 15) is 4.79 Å². The van der Waals surface area contributed by atoms with Crippen molar-refractivity contribution in [3.8, 4) is 11.5 Å². The standard InChI is InChI=1S/C26H28N2O4/c1-30-25-13-6-5-12-24(25)27-14-16-28(17-15-27)26(29)32-20-22-10-7-11-23(18-22)31-19-21-8-3-2-4-9-21/h2-13,18H,14-17,19-20H2,1H3. The maximum absolute atomic E-state index is 12.6. The normalized spacial score (nSPS) is 13.5. The second-order valence-electron chi connectivity index (χ2n) is 7.62. The van der Waals surface area contributed by atoms with Crippen LogP contribution in [0.25, 0.3) is 0 Å². The van der Waals surface area contributed by atoms with Crippen molar-refractivity contribution in [1.82, 2.24) is 4.90 Å². The maximum atomic E-state index is 12.6. The lowest BCUT2D eigenvalue weighted by Gasteiger charge is -2.36. The predicted molar refractivity (Wildman–Crippen MR) is 124 cm³/mol. The summed E-state index contributed by atoms with van der Waals surface area (Å²) in [6, 6.07) is 25.6. The summed E-state index contributed by atoms with van der Waals surface area (Å²) >= 11 is 0. The van der Waals surface area contributed by atoms with Crippen LogP contribution in [0.2, 0.25) is 0 Å². The van der Waals surface area contributed by atoms with Crippen molar-refractivity contribution in [3.05, 3.63) is 90.0 Å².